The van der Waals surface area contributed by atoms with E-state index >= 15 is 0 Å². The third kappa shape index (κ3) is 4.06. The standard InChI is InChI=1S/C19H23IN6OS/c1-11(2)22-5-3-6-26-18-16(17(21)23-10-24-18)25-19(26)28-15-9-14-12(4-7-27-14)8-13(15)20/h8-11,22H,3-7H2,1-2H3,(H2,21,23,24). The van der Waals surface area contributed by atoms with Crippen LogP contribution in [0.3, 0.4) is 0 Å². The van der Waals surface area contributed by atoms with E-state index in [1.165, 1.54) is 15.5 Å². The van der Waals surface area contributed by atoms with E-state index in [1.54, 1.807) is 11.8 Å². The van der Waals surface area contributed by atoms with Gasteiger partial charge in [0.25, 0.3) is 0 Å². The number of fused-ring (bicyclic) bond motifs is 2. The molecular weight excluding hydrogens is 487 g/mol. The highest BCUT2D eigenvalue weighted by Gasteiger charge is 2.20. The first kappa shape index (κ1) is 19.7. The summed E-state index contributed by atoms with van der Waals surface area (Å²) in [4.78, 5) is 14.4. The number of ether oxygens (including phenoxy) is 1. The van der Waals surface area contributed by atoms with Crippen molar-refractivity contribution in [3.8, 4) is 5.75 Å². The largest absolute Gasteiger partial charge is 0.493 e. The van der Waals surface area contributed by atoms with E-state index in [-0.39, 0.29) is 0 Å². The Morgan fingerprint density at radius 3 is 3.04 bits per heavy atom. The molecule has 1 aliphatic heterocycles. The maximum atomic E-state index is 6.06. The Hall–Kier alpha value is -1.59. The minimum absolute atomic E-state index is 0.415. The van der Waals surface area contributed by atoms with E-state index in [9.17, 15) is 0 Å². The molecule has 0 fully saturated rings. The molecule has 3 aromatic rings. The van der Waals surface area contributed by atoms with Crippen LogP contribution in [0, 0.1) is 3.57 Å². The molecule has 148 valence electrons. The van der Waals surface area contributed by atoms with Crippen molar-refractivity contribution in [1.29, 1.82) is 0 Å². The van der Waals surface area contributed by atoms with E-state index in [1.807, 2.05) is 0 Å². The van der Waals surface area contributed by atoms with Crippen molar-refractivity contribution < 1.29 is 4.74 Å². The van der Waals surface area contributed by atoms with Crippen molar-refractivity contribution in [2.24, 2.45) is 0 Å². The smallest absolute Gasteiger partial charge is 0.175 e. The molecule has 7 nitrogen and oxygen atoms in total. The average Bonchev–Trinajstić information content (AvgIpc) is 3.24. The van der Waals surface area contributed by atoms with E-state index < -0.39 is 0 Å². The van der Waals surface area contributed by atoms with Gasteiger partial charge in [0.05, 0.1) is 6.61 Å². The lowest BCUT2D eigenvalue weighted by Crippen LogP contribution is -2.24. The highest BCUT2D eigenvalue weighted by atomic mass is 127. The van der Waals surface area contributed by atoms with Gasteiger partial charge in [-0.1, -0.05) is 25.6 Å². The zero-order valence-electron chi connectivity index (χ0n) is 15.9. The number of nitrogens with two attached hydrogens (primary N) is 1. The molecule has 3 heterocycles. The topological polar surface area (TPSA) is 90.9 Å². The number of nitrogens with one attached hydrogen (secondary N) is 1. The maximum absolute atomic E-state index is 6.06. The summed E-state index contributed by atoms with van der Waals surface area (Å²) in [5.41, 5.74) is 8.78. The van der Waals surface area contributed by atoms with Crippen molar-refractivity contribution in [1.82, 2.24) is 24.8 Å². The molecule has 9 heteroatoms. The lowest BCUT2D eigenvalue weighted by molar-refractivity contribution is 0.356. The summed E-state index contributed by atoms with van der Waals surface area (Å²) in [6, 6.07) is 4.80. The number of aromatic nitrogens is 4. The minimum atomic E-state index is 0.415. The number of nitrogen functional groups attached to an aromatic ring is 1. The van der Waals surface area contributed by atoms with Gasteiger partial charge in [-0.05, 0) is 53.3 Å². The number of hydrogen-bond acceptors (Lipinski definition) is 7. The minimum Gasteiger partial charge on any atom is -0.493 e. The molecule has 0 spiro atoms. The molecular formula is C19H23IN6OS. The monoisotopic (exact) mass is 510 g/mol. The third-order valence-electron chi connectivity index (χ3n) is 4.58. The second kappa shape index (κ2) is 8.42. The fourth-order valence-corrected chi connectivity index (χ4v) is 5.00. The lowest BCUT2D eigenvalue weighted by Gasteiger charge is -2.11. The molecule has 28 heavy (non-hydrogen) atoms. The number of aryl methyl sites for hydroxylation is 1. The molecule has 0 amide bonds. The van der Waals surface area contributed by atoms with Gasteiger partial charge in [-0.2, -0.15) is 0 Å². The molecule has 1 aromatic carbocycles. The molecule has 2 aromatic heterocycles. The predicted octanol–water partition coefficient (Wildman–Crippen LogP) is 3.49. The highest BCUT2D eigenvalue weighted by molar-refractivity contribution is 14.1. The molecule has 3 N–H and O–H groups in total. The third-order valence-corrected chi connectivity index (χ3v) is 6.89. The van der Waals surface area contributed by atoms with Gasteiger partial charge in [-0.15, -0.1) is 0 Å². The van der Waals surface area contributed by atoms with Crippen LogP contribution in [0.4, 0.5) is 5.82 Å². The average molecular weight is 510 g/mol. The molecule has 0 radical (unpaired) electrons. The van der Waals surface area contributed by atoms with Gasteiger partial charge in [-0.3, -0.25) is 0 Å². The first-order valence-corrected chi connectivity index (χ1v) is 11.3. The lowest BCUT2D eigenvalue weighted by atomic mass is 10.2. The molecule has 0 aliphatic carbocycles. The van der Waals surface area contributed by atoms with Crippen LogP contribution in [0.25, 0.3) is 11.2 Å². The first-order chi connectivity index (χ1) is 13.5. The molecule has 0 unspecified atom stereocenters. The van der Waals surface area contributed by atoms with Gasteiger partial charge in [0, 0.05) is 27.5 Å². The molecule has 1 aliphatic rings. The Morgan fingerprint density at radius 1 is 1.36 bits per heavy atom. The Balaban J connectivity index is 1.66. The molecule has 0 bridgehead atoms. The van der Waals surface area contributed by atoms with Crippen LogP contribution in [0.5, 0.6) is 5.75 Å². The first-order valence-electron chi connectivity index (χ1n) is 9.36. The van der Waals surface area contributed by atoms with Gasteiger partial charge in [0.1, 0.15) is 12.1 Å². The van der Waals surface area contributed by atoms with Crippen molar-refractivity contribution in [2.45, 2.75) is 49.3 Å². The second-order valence-electron chi connectivity index (χ2n) is 7.03. The second-order valence-corrected chi connectivity index (χ2v) is 9.20. The number of anilines is 1. The summed E-state index contributed by atoms with van der Waals surface area (Å²) in [5.74, 6) is 1.39. The summed E-state index contributed by atoms with van der Waals surface area (Å²) < 4.78 is 9.09. The van der Waals surface area contributed by atoms with Gasteiger partial charge in [-0.25, -0.2) is 15.0 Å². The fraction of sp³-hybridized carbons (Fsp3) is 0.421. The van der Waals surface area contributed by atoms with Gasteiger partial charge in [0.15, 0.2) is 22.1 Å². The van der Waals surface area contributed by atoms with Gasteiger partial charge < -0.3 is 20.4 Å². The predicted molar refractivity (Wildman–Crippen MR) is 120 cm³/mol. The quantitative estimate of drug-likeness (QED) is 0.372. The van der Waals surface area contributed by atoms with E-state index in [4.69, 9.17) is 15.5 Å². The van der Waals surface area contributed by atoms with Crippen molar-refractivity contribution in [2.75, 3.05) is 18.9 Å². The SMILES string of the molecule is CC(C)NCCCn1c(Sc2cc3c(cc2I)CCO3)nc2c(N)ncnc21. The highest BCUT2D eigenvalue weighted by Crippen LogP contribution is 2.38. The van der Waals surface area contributed by atoms with Crippen LogP contribution in [0.1, 0.15) is 25.8 Å². The number of benzene rings is 1. The number of nitrogens with zero attached hydrogens (tertiary/aromatic N) is 4. The number of rotatable bonds is 7. The van der Waals surface area contributed by atoms with Crippen molar-refractivity contribution >= 4 is 51.3 Å². The number of imidazole rings is 1. The Bertz CT molecular complexity index is 1010. The molecule has 4 rings (SSSR count). The Kier molecular flexibility index (Phi) is 5.93. The van der Waals surface area contributed by atoms with E-state index in [0.29, 0.717) is 17.4 Å². The number of hydrogen-bond donors (Lipinski definition) is 2. The van der Waals surface area contributed by atoms with Gasteiger partial charge >= 0.3 is 0 Å². The number of halogens is 1. The van der Waals surface area contributed by atoms with Crippen LogP contribution in [0.15, 0.2) is 28.5 Å². The zero-order chi connectivity index (χ0) is 19.7. The van der Waals surface area contributed by atoms with Crippen molar-refractivity contribution in [3.63, 3.8) is 0 Å². The Labute approximate surface area is 182 Å². The summed E-state index contributed by atoms with van der Waals surface area (Å²) in [5, 5.41) is 4.34. The van der Waals surface area contributed by atoms with Crippen LogP contribution in [0.2, 0.25) is 0 Å². The summed E-state index contributed by atoms with van der Waals surface area (Å²) in [7, 11) is 0. The van der Waals surface area contributed by atoms with Crippen LogP contribution >= 0.6 is 34.4 Å². The fourth-order valence-electron chi connectivity index (χ4n) is 3.19. The summed E-state index contributed by atoms with van der Waals surface area (Å²) in [6.45, 7) is 6.81. The van der Waals surface area contributed by atoms with Crippen LogP contribution in [-0.4, -0.2) is 38.7 Å². The summed E-state index contributed by atoms with van der Waals surface area (Å²) in [6.07, 6.45) is 3.46. The van der Waals surface area contributed by atoms with Crippen LogP contribution in [-0.2, 0) is 13.0 Å². The molecule has 0 atom stereocenters. The van der Waals surface area contributed by atoms with Gasteiger partial charge in [0.2, 0.25) is 0 Å². The molecule has 0 saturated carbocycles. The van der Waals surface area contributed by atoms with E-state index in [0.717, 1.165) is 54.0 Å². The zero-order valence-corrected chi connectivity index (χ0v) is 18.9. The van der Waals surface area contributed by atoms with Crippen LogP contribution < -0.4 is 15.8 Å². The maximum Gasteiger partial charge on any atom is 0.175 e. The normalized spacial score (nSPS) is 13.3. The molecule has 0 saturated heterocycles. The van der Waals surface area contributed by atoms with Crippen molar-refractivity contribution in [3.05, 3.63) is 27.6 Å². The summed E-state index contributed by atoms with van der Waals surface area (Å²) >= 11 is 4.01. The van der Waals surface area contributed by atoms with E-state index in [2.05, 4.69) is 68.4 Å². The Morgan fingerprint density at radius 2 is 2.21 bits per heavy atom.